The summed E-state index contributed by atoms with van der Waals surface area (Å²) in [4.78, 5) is 0. The molecule has 0 bridgehead atoms. The molecule has 2 heteroatoms. The normalized spacial score (nSPS) is 10.9. The molecule has 3 aromatic rings. The van der Waals surface area contributed by atoms with Crippen molar-refractivity contribution in [3.8, 4) is 11.1 Å². The van der Waals surface area contributed by atoms with E-state index in [9.17, 15) is 8.78 Å². The molecular weight excluding hydrogens is 326 g/mol. The van der Waals surface area contributed by atoms with Crippen molar-refractivity contribution < 1.29 is 8.78 Å². The molecule has 0 unspecified atom stereocenters. The predicted octanol–water partition coefficient (Wildman–Crippen LogP) is 6.68. The summed E-state index contributed by atoms with van der Waals surface area (Å²) in [6, 6.07) is 19.7. The standard InChI is InChI=1S/C24H24F2/c1-3-4-18-5-10-20(11-6-18)21-12-7-19(8-13-21)9-14-22-23(25)15-17(2)16-24(22)26/h5-8,10-13,15-16H,3-4,9,14H2,1-2H3. The molecule has 0 N–H and O–H groups in total. The smallest absolute Gasteiger partial charge is 0.129 e. The van der Waals surface area contributed by atoms with Gasteiger partial charge in [0.2, 0.25) is 0 Å². The van der Waals surface area contributed by atoms with Gasteiger partial charge in [-0.3, -0.25) is 0 Å². The van der Waals surface area contributed by atoms with Gasteiger partial charge in [0.05, 0.1) is 0 Å². The van der Waals surface area contributed by atoms with Gasteiger partial charge in [0.1, 0.15) is 11.6 Å². The molecule has 0 aliphatic carbocycles. The molecule has 134 valence electrons. The molecule has 0 radical (unpaired) electrons. The third-order valence-electron chi connectivity index (χ3n) is 4.73. The van der Waals surface area contributed by atoms with E-state index in [1.807, 2.05) is 12.1 Å². The molecule has 0 aliphatic rings. The molecule has 0 fully saturated rings. The van der Waals surface area contributed by atoms with E-state index in [-0.39, 0.29) is 5.56 Å². The lowest BCUT2D eigenvalue weighted by atomic mass is 9.98. The van der Waals surface area contributed by atoms with Crippen molar-refractivity contribution in [3.63, 3.8) is 0 Å². The van der Waals surface area contributed by atoms with E-state index in [4.69, 9.17) is 0 Å². The second kappa shape index (κ2) is 8.27. The Bertz CT molecular complexity index is 839. The minimum atomic E-state index is -0.453. The fraction of sp³-hybridized carbons (Fsp3) is 0.250. The van der Waals surface area contributed by atoms with E-state index in [1.54, 1.807) is 6.92 Å². The lowest BCUT2D eigenvalue weighted by molar-refractivity contribution is 0.553. The Labute approximate surface area is 154 Å². The van der Waals surface area contributed by atoms with E-state index in [0.29, 0.717) is 18.4 Å². The maximum atomic E-state index is 13.9. The van der Waals surface area contributed by atoms with Gasteiger partial charge in [-0.1, -0.05) is 61.9 Å². The van der Waals surface area contributed by atoms with Crippen LogP contribution in [0, 0.1) is 18.6 Å². The highest BCUT2D eigenvalue weighted by atomic mass is 19.1. The summed E-state index contributed by atoms with van der Waals surface area (Å²) < 4.78 is 27.9. The van der Waals surface area contributed by atoms with Gasteiger partial charge in [-0.25, -0.2) is 8.78 Å². The number of hydrogen-bond acceptors (Lipinski definition) is 0. The van der Waals surface area contributed by atoms with Crippen LogP contribution in [0.5, 0.6) is 0 Å². The van der Waals surface area contributed by atoms with Crippen LogP contribution in [0.25, 0.3) is 11.1 Å². The third-order valence-corrected chi connectivity index (χ3v) is 4.73. The van der Waals surface area contributed by atoms with Crippen LogP contribution in [-0.2, 0) is 19.3 Å². The van der Waals surface area contributed by atoms with E-state index in [2.05, 4.69) is 43.3 Å². The fourth-order valence-electron chi connectivity index (χ4n) is 3.25. The van der Waals surface area contributed by atoms with Gasteiger partial charge in [-0.15, -0.1) is 0 Å². The molecule has 0 aliphatic heterocycles. The maximum absolute atomic E-state index is 13.9. The quantitative estimate of drug-likeness (QED) is 0.465. The summed E-state index contributed by atoms with van der Waals surface area (Å²) in [5, 5.41) is 0. The summed E-state index contributed by atoms with van der Waals surface area (Å²) >= 11 is 0. The number of rotatable bonds is 6. The summed E-state index contributed by atoms with van der Waals surface area (Å²) in [5.41, 5.74) is 5.56. The summed E-state index contributed by atoms with van der Waals surface area (Å²) in [6.07, 6.45) is 3.23. The second-order valence-electron chi connectivity index (χ2n) is 6.85. The highest BCUT2D eigenvalue weighted by Crippen LogP contribution is 2.22. The molecule has 0 nitrogen and oxygen atoms in total. The van der Waals surface area contributed by atoms with Crippen LogP contribution in [-0.4, -0.2) is 0 Å². The van der Waals surface area contributed by atoms with Crippen LogP contribution in [0.2, 0.25) is 0 Å². The van der Waals surface area contributed by atoms with E-state index >= 15 is 0 Å². The Balaban J connectivity index is 1.68. The lowest BCUT2D eigenvalue weighted by Gasteiger charge is -2.08. The first-order valence-corrected chi connectivity index (χ1v) is 9.19. The SMILES string of the molecule is CCCc1ccc(-c2ccc(CCc3c(F)cc(C)cc3F)cc2)cc1. The van der Waals surface area contributed by atoms with Crippen LogP contribution < -0.4 is 0 Å². The van der Waals surface area contributed by atoms with Crippen molar-refractivity contribution in [2.24, 2.45) is 0 Å². The number of hydrogen-bond donors (Lipinski definition) is 0. The van der Waals surface area contributed by atoms with Gasteiger partial charge in [-0.2, -0.15) is 0 Å². The van der Waals surface area contributed by atoms with Crippen molar-refractivity contribution in [2.75, 3.05) is 0 Å². The zero-order valence-electron chi connectivity index (χ0n) is 15.4. The predicted molar refractivity (Wildman–Crippen MR) is 104 cm³/mol. The fourth-order valence-corrected chi connectivity index (χ4v) is 3.25. The van der Waals surface area contributed by atoms with Crippen LogP contribution in [0.4, 0.5) is 8.78 Å². The molecule has 0 saturated heterocycles. The molecular formula is C24H24F2. The Morgan fingerprint density at radius 1 is 0.654 bits per heavy atom. The van der Waals surface area contributed by atoms with Crippen LogP contribution in [0.15, 0.2) is 60.7 Å². The van der Waals surface area contributed by atoms with Gasteiger partial charge < -0.3 is 0 Å². The average Bonchev–Trinajstić information content (AvgIpc) is 2.62. The topological polar surface area (TPSA) is 0 Å². The van der Waals surface area contributed by atoms with E-state index < -0.39 is 11.6 Å². The molecule has 0 heterocycles. The van der Waals surface area contributed by atoms with Crippen LogP contribution in [0.3, 0.4) is 0 Å². The minimum absolute atomic E-state index is 0.172. The maximum Gasteiger partial charge on any atom is 0.129 e. The largest absolute Gasteiger partial charge is 0.207 e. The highest BCUT2D eigenvalue weighted by Gasteiger charge is 2.10. The van der Waals surface area contributed by atoms with Crippen molar-refractivity contribution in [3.05, 3.63) is 94.6 Å². The molecule has 0 atom stereocenters. The van der Waals surface area contributed by atoms with Crippen molar-refractivity contribution in [1.29, 1.82) is 0 Å². The zero-order chi connectivity index (χ0) is 18.5. The molecule has 0 spiro atoms. The van der Waals surface area contributed by atoms with Gasteiger partial charge in [0, 0.05) is 5.56 Å². The molecule has 0 saturated carbocycles. The van der Waals surface area contributed by atoms with Crippen molar-refractivity contribution in [2.45, 2.75) is 39.5 Å². The van der Waals surface area contributed by atoms with Gasteiger partial charge in [0.25, 0.3) is 0 Å². The van der Waals surface area contributed by atoms with Crippen molar-refractivity contribution >= 4 is 0 Å². The second-order valence-corrected chi connectivity index (χ2v) is 6.85. The molecule has 26 heavy (non-hydrogen) atoms. The van der Waals surface area contributed by atoms with E-state index in [1.165, 1.54) is 23.3 Å². The summed E-state index contributed by atoms with van der Waals surface area (Å²) in [7, 11) is 0. The number of benzene rings is 3. The van der Waals surface area contributed by atoms with Gasteiger partial charge in [-0.05, 0) is 66.1 Å². The number of halogens is 2. The molecule has 0 aromatic heterocycles. The minimum Gasteiger partial charge on any atom is -0.207 e. The van der Waals surface area contributed by atoms with Crippen LogP contribution >= 0.6 is 0 Å². The average molecular weight is 350 g/mol. The summed E-state index contributed by atoms with van der Waals surface area (Å²) in [5.74, 6) is -0.905. The Morgan fingerprint density at radius 3 is 1.58 bits per heavy atom. The first kappa shape index (κ1) is 18.3. The van der Waals surface area contributed by atoms with Crippen molar-refractivity contribution in [1.82, 2.24) is 0 Å². The Kier molecular flexibility index (Phi) is 5.82. The first-order chi connectivity index (χ1) is 12.6. The highest BCUT2D eigenvalue weighted by molar-refractivity contribution is 5.64. The van der Waals surface area contributed by atoms with Gasteiger partial charge in [0.15, 0.2) is 0 Å². The molecule has 0 amide bonds. The third kappa shape index (κ3) is 4.37. The lowest BCUT2D eigenvalue weighted by Crippen LogP contribution is -2.00. The molecule has 3 rings (SSSR count). The monoisotopic (exact) mass is 350 g/mol. The summed E-state index contributed by atoms with van der Waals surface area (Å²) in [6.45, 7) is 3.88. The number of aryl methyl sites for hydroxylation is 3. The Morgan fingerprint density at radius 2 is 1.12 bits per heavy atom. The molecule has 3 aromatic carbocycles. The van der Waals surface area contributed by atoms with Crippen LogP contribution in [0.1, 0.15) is 35.6 Å². The Hall–Kier alpha value is -2.48. The van der Waals surface area contributed by atoms with Gasteiger partial charge >= 0.3 is 0 Å². The first-order valence-electron chi connectivity index (χ1n) is 9.19. The zero-order valence-corrected chi connectivity index (χ0v) is 15.4. The van der Waals surface area contributed by atoms with E-state index in [0.717, 1.165) is 24.0 Å².